The maximum atomic E-state index is 12.9. The van der Waals surface area contributed by atoms with E-state index in [2.05, 4.69) is 15.1 Å². The van der Waals surface area contributed by atoms with Gasteiger partial charge in [0.25, 0.3) is 0 Å². The predicted molar refractivity (Wildman–Crippen MR) is 93.7 cm³/mol. The summed E-state index contributed by atoms with van der Waals surface area (Å²) in [4.78, 5) is 2.47. The summed E-state index contributed by atoms with van der Waals surface area (Å²) in [6, 6.07) is 9.30. The van der Waals surface area contributed by atoms with Crippen LogP contribution in [0.1, 0.15) is 16.8 Å². The summed E-state index contributed by atoms with van der Waals surface area (Å²) in [5.41, 5.74) is 2.73. The van der Waals surface area contributed by atoms with Crippen LogP contribution < -0.4 is 4.90 Å². The van der Waals surface area contributed by atoms with Gasteiger partial charge in [0.05, 0.1) is 10.6 Å². The average Bonchev–Trinajstić information content (AvgIpc) is 2.55. The summed E-state index contributed by atoms with van der Waals surface area (Å²) in [7, 11) is -3.45. The van der Waals surface area contributed by atoms with E-state index in [1.807, 2.05) is 45.0 Å². The molecule has 7 heteroatoms. The number of anilines is 1. The first kappa shape index (κ1) is 16.9. The van der Waals surface area contributed by atoms with Crippen LogP contribution in [0.4, 0.5) is 5.82 Å². The number of nitrogens with zero attached hydrogens (tertiary/aromatic N) is 4. The molecule has 1 aliphatic heterocycles. The molecule has 3 rings (SSSR count). The zero-order chi connectivity index (χ0) is 17.3. The Balaban J connectivity index is 1.75. The highest BCUT2D eigenvalue weighted by Gasteiger charge is 2.30. The minimum atomic E-state index is -3.45. The van der Waals surface area contributed by atoms with Gasteiger partial charge in [0, 0.05) is 26.2 Å². The third-order valence-electron chi connectivity index (χ3n) is 4.29. The zero-order valence-corrected chi connectivity index (χ0v) is 15.0. The molecule has 24 heavy (non-hydrogen) atoms. The summed E-state index contributed by atoms with van der Waals surface area (Å²) >= 11 is 0. The summed E-state index contributed by atoms with van der Waals surface area (Å²) < 4.78 is 27.3. The van der Waals surface area contributed by atoms with E-state index in [4.69, 9.17) is 0 Å². The van der Waals surface area contributed by atoms with Crippen LogP contribution >= 0.6 is 0 Å². The smallest absolute Gasteiger partial charge is 0.243 e. The Bertz CT molecular complexity index is 826. The number of aromatic nitrogens is 2. The normalized spacial score (nSPS) is 16.4. The molecule has 0 unspecified atom stereocenters. The summed E-state index contributed by atoms with van der Waals surface area (Å²) in [6.45, 7) is 7.83. The lowest BCUT2D eigenvalue weighted by Crippen LogP contribution is -2.49. The number of piperazine rings is 1. The SMILES string of the molecule is Cc1ccc(S(=O)(=O)N2CCN(c3ccc(C)nn3)CC2)c(C)c1. The molecule has 0 saturated carbocycles. The van der Waals surface area contributed by atoms with E-state index in [-0.39, 0.29) is 0 Å². The highest BCUT2D eigenvalue weighted by atomic mass is 32.2. The molecule has 0 atom stereocenters. The molecular weight excluding hydrogens is 324 g/mol. The molecule has 0 aliphatic carbocycles. The largest absolute Gasteiger partial charge is 0.352 e. The number of sulfonamides is 1. The molecule has 1 aromatic carbocycles. The van der Waals surface area contributed by atoms with Crippen LogP contribution in [0.25, 0.3) is 0 Å². The van der Waals surface area contributed by atoms with Crippen LogP contribution in [0, 0.1) is 20.8 Å². The van der Waals surface area contributed by atoms with Crippen LogP contribution in [0.15, 0.2) is 35.2 Å². The van der Waals surface area contributed by atoms with Gasteiger partial charge in [0.1, 0.15) is 0 Å². The van der Waals surface area contributed by atoms with Crippen molar-refractivity contribution in [1.82, 2.24) is 14.5 Å². The van der Waals surface area contributed by atoms with E-state index in [0.29, 0.717) is 31.1 Å². The van der Waals surface area contributed by atoms with Gasteiger partial charge in [-0.25, -0.2) is 8.42 Å². The average molecular weight is 346 g/mol. The Hall–Kier alpha value is -1.99. The van der Waals surface area contributed by atoms with Crippen LogP contribution in [-0.2, 0) is 10.0 Å². The Kier molecular flexibility index (Phi) is 4.56. The Labute approximate surface area is 143 Å². The minimum absolute atomic E-state index is 0.400. The van der Waals surface area contributed by atoms with Crippen molar-refractivity contribution in [2.45, 2.75) is 25.7 Å². The second-order valence-corrected chi connectivity index (χ2v) is 8.10. The van der Waals surface area contributed by atoms with E-state index in [1.54, 1.807) is 10.4 Å². The van der Waals surface area contributed by atoms with Gasteiger partial charge in [0.2, 0.25) is 10.0 Å². The van der Waals surface area contributed by atoms with E-state index in [1.165, 1.54) is 0 Å². The second-order valence-electron chi connectivity index (χ2n) is 6.19. The van der Waals surface area contributed by atoms with Crippen LogP contribution in [0.5, 0.6) is 0 Å². The lowest BCUT2D eigenvalue weighted by molar-refractivity contribution is 0.383. The standard InChI is InChI=1S/C17H22N4O2S/c1-13-4-6-16(14(2)12-13)24(22,23)21-10-8-20(9-11-21)17-7-5-15(3)18-19-17/h4-7,12H,8-11H2,1-3H3. The van der Waals surface area contributed by atoms with E-state index in [9.17, 15) is 8.42 Å². The van der Waals surface area contributed by atoms with E-state index in [0.717, 1.165) is 22.6 Å². The lowest BCUT2D eigenvalue weighted by Gasteiger charge is -2.34. The number of rotatable bonds is 3. The molecule has 0 amide bonds. The number of aryl methyl sites for hydroxylation is 3. The van der Waals surface area contributed by atoms with Crippen molar-refractivity contribution in [2.75, 3.05) is 31.1 Å². The Morgan fingerprint density at radius 2 is 1.62 bits per heavy atom. The van der Waals surface area contributed by atoms with Crippen molar-refractivity contribution >= 4 is 15.8 Å². The summed E-state index contributed by atoms with van der Waals surface area (Å²) in [5, 5.41) is 8.25. The number of hydrogen-bond acceptors (Lipinski definition) is 5. The molecule has 2 heterocycles. The van der Waals surface area contributed by atoms with Crippen molar-refractivity contribution in [3.05, 3.63) is 47.2 Å². The van der Waals surface area contributed by atoms with Gasteiger partial charge in [-0.3, -0.25) is 0 Å². The molecule has 0 bridgehead atoms. The van der Waals surface area contributed by atoms with Crippen molar-refractivity contribution in [3.63, 3.8) is 0 Å². The van der Waals surface area contributed by atoms with Crippen molar-refractivity contribution < 1.29 is 8.42 Å². The monoisotopic (exact) mass is 346 g/mol. The van der Waals surface area contributed by atoms with Gasteiger partial charge in [-0.1, -0.05) is 17.7 Å². The van der Waals surface area contributed by atoms with Crippen molar-refractivity contribution in [2.24, 2.45) is 0 Å². The molecule has 2 aromatic rings. The first-order valence-electron chi connectivity index (χ1n) is 8.00. The summed E-state index contributed by atoms with van der Waals surface area (Å²) in [6.07, 6.45) is 0. The van der Waals surface area contributed by atoms with Gasteiger partial charge in [0.15, 0.2) is 5.82 Å². The maximum Gasteiger partial charge on any atom is 0.243 e. The quantitative estimate of drug-likeness (QED) is 0.849. The summed E-state index contributed by atoms with van der Waals surface area (Å²) in [5.74, 6) is 0.796. The van der Waals surface area contributed by atoms with Crippen molar-refractivity contribution in [1.29, 1.82) is 0 Å². The topological polar surface area (TPSA) is 66.4 Å². The molecule has 0 N–H and O–H groups in total. The molecule has 128 valence electrons. The van der Waals surface area contributed by atoms with Crippen molar-refractivity contribution in [3.8, 4) is 0 Å². The number of benzene rings is 1. The molecule has 6 nitrogen and oxygen atoms in total. The van der Waals surface area contributed by atoms with E-state index < -0.39 is 10.0 Å². The molecule has 1 aromatic heterocycles. The molecule has 0 spiro atoms. The first-order valence-corrected chi connectivity index (χ1v) is 9.44. The molecule has 1 saturated heterocycles. The molecular formula is C17H22N4O2S. The third kappa shape index (κ3) is 3.27. The second kappa shape index (κ2) is 6.49. The van der Waals surface area contributed by atoms with Crippen LogP contribution in [-0.4, -0.2) is 49.1 Å². The number of hydrogen-bond donors (Lipinski definition) is 0. The van der Waals surface area contributed by atoms with Crippen LogP contribution in [0.2, 0.25) is 0 Å². The zero-order valence-electron chi connectivity index (χ0n) is 14.2. The van der Waals surface area contributed by atoms with E-state index >= 15 is 0 Å². The van der Waals surface area contributed by atoms with Gasteiger partial charge < -0.3 is 4.90 Å². The fourth-order valence-corrected chi connectivity index (χ4v) is 4.57. The fraction of sp³-hybridized carbons (Fsp3) is 0.412. The van der Waals surface area contributed by atoms with Gasteiger partial charge >= 0.3 is 0 Å². The highest BCUT2D eigenvalue weighted by molar-refractivity contribution is 7.89. The molecule has 0 radical (unpaired) electrons. The highest BCUT2D eigenvalue weighted by Crippen LogP contribution is 2.23. The molecule has 1 fully saturated rings. The fourth-order valence-electron chi connectivity index (χ4n) is 2.95. The Morgan fingerprint density at radius 3 is 2.21 bits per heavy atom. The first-order chi connectivity index (χ1) is 11.4. The third-order valence-corrected chi connectivity index (χ3v) is 6.35. The van der Waals surface area contributed by atoms with Crippen LogP contribution in [0.3, 0.4) is 0 Å². The van der Waals surface area contributed by atoms with Gasteiger partial charge in [-0.2, -0.15) is 9.40 Å². The van der Waals surface area contributed by atoms with Gasteiger partial charge in [-0.15, -0.1) is 5.10 Å². The Morgan fingerprint density at radius 1 is 0.917 bits per heavy atom. The lowest BCUT2D eigenvalue weighted by atomic mass is 10.2. The minimum Gasteiger partial charge on any atom is -0.352 e. The molecule has 1 aliphatic rings. The predicted octanol–water partition coefficient (Wildman–Crippen LogP) is 1.91. The maximum absolute atomic E-state index is 12.9. The van der Waals surface area contributed by atoms with Gasteiger partial charge in [-0.05, 0) is 44.5 Å².